The van der Waals surface area contributed by atoms with E-state index in [-0.39, 0.29) is 5.91 Å². The summed E-state index contributed by atoms with van der Waals surface area (Å²) in [5, 5.41) is 2.74. The summed E-state index contributed by atoms with van der Waals surface area (Å²) in [7, 11) is 4.04. The molecule has 0 saturated carbocycles. The topological polar surface area (TPSA) is 32.3 Å². The van der Waals surface area contributed by atoms with Gasteiger partial charge in [-0.3, -0.25) is 4.79 Å². The van der Waals surface area contributed by atoms with Crippen LogP contribution in [0.5, 0.6) is 0 Å². The Labute approximate surface area is 76.1 Å². The molecule has 0 aromatic rings. The van der Waals surface area contributed by atoms with Gasteiger partial charge in [0.05, 0.1) is 0 Å². The Kier molecular flexibility index (Phi) is 12.2. The lowest BCUT2D eigenvalue weighted by atomic mass is 10.4. The van der Waals surface area contributed by atoms with Gasteiger partial charge in [0, 0.05) is 13.5 Å². The Morgan fingerprint density at radius 1 is 1.33 bits per heavy atom. The highest BCUT2D eigenvalue weighted by Gasteiger charge is 1.91. The fourth-order valence-electron chi connectivity index (χ4n) is 0.660. The summed E-state index contributed by atoms with van der Waals surface area (Å²) in [6, 6.07) is 0. The molecule has 0 radical (unpaired) electrons. The van der Waals surface area contributed by atoms with Crippen molar-refractivity contribution in [3.63, 3.8) is 0 Å². The van der Waals surface area contributed by atoms with E-state index in [1.807, 2.05) is 27.9 Å². The van der Waals surface area contributed by atoms with E-state index in [1.165, 1.54) is 6.92 Å². The fourth-order valence-corrected chi connectivity index (χ4v) is 0.660. The number of carbonyl (C=O) groups is 1. The van der Waals surface area contributed by atoms with Gasteiger partial charge in [0.1, 0.15) is 0 Å². The molecule has 0 unspecified atom stereocenters. The molecule has 0 bridgehead atoms. The Morgan fingerprint density at radius 3 is 2.17 bits per heavy atom. The zero-order chi connectivity index (χ0) is 9.98. The average Bonchev–Trinajstić information content (AvgIpc) is 2.02. The van der Waals surface area contributed by atoms with E-state index in [4.69, 9.17) is 0 Å². The molecule has 0 atom stereocenters. The minimum absolute atomic E-state index is 0.0544. The maximum Gasteiger partial charge on any atom is 0.216 e. The lowest BCUT2D eigenvalue weighted by molar-refractivity contribution is -0.118. The number of nitrogens with zero attached hydrogens (tertiary/aromatic N) is 1. The number of hydrogen-bond acceptors (Lipinski definition) is 2. The van der Waals surface area contributed by atoms with E-state index in [0.717, 1.165) is 19.5 Å². The van der Waals surface area contributed by atoms with Crippen LogP contribution in [0.4, 0.5) is 0 Å². The third kappa shape index (κ3) is 16.2. The first-order valence-electron chi connectivity index (χ1n) is 4.52. The highest BCUT2D eigenvalue weighted by atomic mass is 16.1. The second-order valence-corrected chi connectivity index (χ2v) is 2.64. The summed E-state index contributed by atoms with van der Waals surface area (Å²) in [6.45, 7) is 7.35. The lowest BCUT2D eigenvalue weighted by Gasteiger charge is -2.08. The van der Waals surface area contributed by atoms with Gasteiger partial charge in [-0.1, -0.05) is 13.8 Å². The largest absolute Gasteiger partial charge is 0.356 e. The van der Waals surface area contributed by atoms with Gasteiger partial charge in [-0.2, -0.15) is 0 Å². The third-order valence-electron chi connectivity index (χ3n) is 1.16. The SMILES string of the molecule is CC.CC(=O)NCCCN(C)C. The number of nitrogens with one attached hydrogen (secondary N) is 1. The van der Waals surface area contributed by atoms with Gasteiger partial charge in [-0.25, -0.2) is 0 Å². The first-order chi connectivity index (χ1) is 5.63. The number of hydrogen-bond donors (Lipinski definition) is 1. The first-order valence-corrected chi connectivity index (χ1v) is 4.52. The van der Waals surface area contributed by atoms with Gasteiger partial charge in [-0.05, 0) is 27.1 Å². The molecule has 0 saturated heterocycles. The second-order valence-electron chi connectivity index (χ2n) is 2.64. The van der Waals surface area contributed by atoms with Crippen molar-refractivity contribution in [2.24, 2.45) is 0 Å². The summed E-state index contributed by atoms with van der Waals surface area (Å²) < 4.78 is 0. The van der Waals surface area contributed by atoms with E-state index in [1.54, 1.807) is 0 Å². The highest BCUT2D eigenvalue weighted by Crippen LogP contribution is 1.79. The summed E-state index contributed by atoms with van der Waals surface area (Å²) in [5.41, 5.74) is 0. The molecule has 74 valence electrons. The Balaban J connectivity index is 0. The standard InChI is InChI=1S/C7H16N2O.C2H6/c1-7(10)8-5-4-6-9(2)3;1-2/h4-6H2,1-3H3,(H,8,10);1-2H3. The molecule has 0 rings (SSSR count). The first kappa shape index (κ1) is 14.0. The van der Waals surface area contributed by atoms with Crippen molar-refractivity contribution in [1.82, 2.24) is 10.2 Å². The number of rotatable bonds is 4. The molecular weight excluding hydrogens is 152 g/mol. The second kappa shape index (κ2) is 10.4. The van der Waals surface area contributed by atoms with Crippen molar-refractivity contribution in [2.45, 2.75) is 27.2 Å². The highest BCUT2D eigenvalue weighted by molar-refractivity contribution is 5.72. The minimum atomic E-state index is 0.0544. The summed E-state index contributed by atoms with van der Waals surface area (Å²) >= 11 is 0. The molecule has 3 heteroatoms. The Bertz CT molecular complexity index is 103. The van der Waals surface area contributed by atoms with Crippen molar-refractivity contribution < 1.29 is 4.79 Å². The van der Waals surface area contributed by atoms with Crippen LogP contribution in [0.2, 0.25) is 0 Å². The molecule has 12 heavy (non-hydrogen) atoms. The molecule has 0 spiro atoms. The molecule has 0 aromatic carbocycles. The molecule has 0 aliphatic rings. The number of carbonyl (C=O) groups excluding carboxylic acids is 1. The van der Waals surface area contributed by atoms with Gasteiger partial charge in [-0.15, -0.1) is 0 Å². The zero-order valence-corrected chi connectivity index (χ0v) is 8.98. The molecule has 0 heterocycles. The summed E-state index contributed by atoms with van der Waals surface area (Å²) in [6.07, 6.45) is 1.02. The molecule has 1 amide bonds. The van der Waals surface area contributed by atoms with Gasteiger partial charge >= 0.3 is 0 Å². The van der Waals surface area contributed by atoms with Crippen molar-refractivity contribution >= 4 is 5.91 Å². The van der Waals surface area contributed by atoms with Gasteiger partial charge in [0.25, 0.3) is 0 Å². The maximum atomic E-state index is 10.4. The smallest absolute Gasteiger partial charge is 0.216 e. The van der Waals surface area contributed by atoms with E-state index in [0.29, 0.717) is 0 Å². The number of amides is 1. The van der Waals surface area contributed by atoms with Crippen LogP contribution >= 0.6 is 0 Å². The van der Waals surface area contributed by atoms with Crippen molar-refractivity contribution in [3.8, 4) is 0 Å². The van der Waals surface area contributed by atoms with E-state index in [2.05, 4.69) is 10.2 Å². The normalized spacial score (nSPS) is 8.83. The Hall–Kier alpha value is -0.570. The van der Waals surface area contributed by atoms with E-state index >= 15 is 0 Å². The fraction of sp³-hybridized carbons (Fsp3) is 0.889. The molecule has 0 aliphatic heterocycles. The van der Waals surface area contributed by atoms with Gasteiger partial charge in [0.2, 0.25) is 5.91 Å². The van der Waals surface area contributed by atoms with E-state index < -0.39 is 0 Å². The quantitative estimate of drug-likeness (QED) is 0.647. The average molecular weight is 174 g/mol. The molecular formula is C9H22N2O. The monoisotopic (exact) mass is 174 g/mol. The van der Waals surface area contributed by atoms with Crippen LogP contribution in [0.25, 0.3) is 0 Å². The lowest BCUT2D eigenvalue weighted by Crippen LogP contribution is -2.24. The third-order valence-corrected chi connectivity index (χ3v) is 1.16. The predicted octanol–water partition coefficient (Wildman–Crippen LogP) is 1.10. The van der Waals surface area contributed by atoms with Crippen LogP contribution in [0, 0.1) is 0 Å². The van der Waals surface area contributed by atoms with Crippen LogP contribution in [0.1, 0.15) is 27.2 Å². The molecule has 0 aromatic heterocycles. The van der Waals surface area contributed by atoms with Gasteiger partial charge < -0.3 is 10.2 Å². The van der Waals surface area contributed by atoms with Crippen molar-refractivity contribution in [2.75, 3.05) is 27.2 Å². The van der Waals surface area contributed by atoms with Crippen molar-refractivity contribution in [3.05, 3.63) is 0 Å². The van der Waals surface area contributed by atoms with Crippen LogP contribution < -0.4 is 5.32 Å². The minimum Gasteiger partial charge on any atom is -0.356 e. The molecule has 1 N–H and O–H groups in total. The Morgan fingerprint density at radius 2 is 1.83 bits per heavy atom. The summed E-state index contributed by atoms with van der Waals surface area (Å²) in [4.78, 5) is 12.5. The maximum absolute atomic E-state index is 10.4. The predicted molar refractivity (Wildman–Crippen MR) is 53.2 cm³/mol. The zero-order valence-electron chi connectivity index (χ0n) is 8.98. The summed E-state index contributed by atoms with van der Waals surface area (Å²) in [5.74, 6) is 0.0544. The van der Waals surface area contributed by atoms with Crippen LogP contribution in [-0.2, 0) is 4.79 Å². The van der Waals surface area contributed by atoms with Crippen LogP contribution in [0.15, 0.2) is 0 Å². The van der Waals surface area contributed by atoms with E-state index in [9.17, 15) is 4.79 Å². The van der Waals surface area contributed by atoms with Gasteiger partial charge in [0.15, 0.2) is 0 Å². The van der Waals surface area contributed by atoms with Crippen LogP contribution in [-0.4, -0.2) is 38.0 Å². The molecule has 3 nitrogen and oxygen atoms in total. The molecule has 0 aliphatic carbocycles. The van der Waals surface area contributed by atoms with Crippen molar-refractivity contribution in [1.29, 1.82) is 0 Å². The molecule has 0 fully saturated rings. The van der Waals surface area contributed by atoms with Crippen LogP contribution in [0.3, 0.4) is 0 Å².